The molecule has 0 aliphatic carbocycles. The number of benzene rings is 2. The van der Waals surface area contributed by atoms with Crippen molar-refractivity contribution in [2.24, 2.45) is 0 Å². The van der Waals surface area contributed by atoms with Crippen molar-refractivity contribution in [3.8, 4) is 23.0 Å². The Bertz CT molecular complexity index is 2030. The zero-order valence-electron chi connectivity index (χ0n) is 27.4. The maximum atomic E-state index is 12.5. The molecule has 4 aromatic heterocycles. The third kappa shape index (κ3) is 11.4. The molecular formula is C33H32N8O6S4. The zero-order valence-corrected chi connectivity index (χ0v) is 30.7. The fourth-order valence-electron chi connectivity index (χ4n) is 4.27. The van der Waals surface area contributed by atoms with Crippen molar-refractivity contribution >= 4 is 67.4 Å². The molecule has 6 rings (SSSR count). The standard InChI is InChI=1S/C18H18N4O3S2.C15H14N4O3S2/c1-3-5-24-14-7-13(17(23)21-18-22-20-11-27-18)8-15(9-14)25-6-4-16-12(2)19-10-26-16;1-9-13(23-7-16-9)2-3-22-12-5-10(4-11(20)6-12)14(21)18-15-19-17-8-24-15/h3,7-11H,1,4-6H2,2H3,(H,21,22,23);4-8,20H,2-3H2,1H3,(H,18,19,21). The van der Waals surface area contributed by atoms with Crippen LogP contribution in [0.15, 0.2) is 71.1 Å². The lowest BCUT2D eigenvalue weighted by atomic mass is 10.2. The molecule has 0 saturated carbocycles. The Morgan fingerprint density at radius 2 is 1.20 bits per heavy atom. The van der Waals surface area contributed by atoms with Crippen LogP contribution in [0.5, 0.6) is 23.0 Å². The molecule has 0 aliphatic heterocycles. The molecule has 0 aliphatic rings. The zero-order chi connectivity index (χ0) is 36.0. The molecule has 0 saturated heterocycles. The van der Waals surface area contributed by atoms with E-state index in [1.54, 1.807) is 64.0 Å². The predicted molar refractivity (Wildman–Crippen MR) is 198 cm³/mol. The van der Waals surface area contributed by atoms with Gasteiger partial charge in [-0.2, -0.15) is 0 Å². The Labute approximate surface area is 308 Å². The Morgan fingerprint density at radius 3 is 1.65 bits per heavy atom. The van der Waals surface area contributed by atoms with Gasteiger partial charge in [-0.1, -0.05) is 35.3 Å². The van der Waals surface area contributed by atoms with Crippen LogP contribution in [0.4, 0.5) is 10.3 Å². The van der Waals surface area contributed by atoms with Gasteiger partial charge in [0.15, 0.2) is 0 Å². The molecule has 3 N–H and O–H groups in total. The Morgan fingerprint density at radius 1 is 0.706 bits per heavy atom. The molecule has 0 spiro atoms. The van der Waals surface area contributed by atoms with Gasteiger partial charge in [-0.25, -0.2) is 9.97 Å². The number of aryl methyl sites for hydroxylation is 2. The van der Waals surface area contributed by atoms with Gasteiger partial charge in [0.2, 0.25) is 10.3 Å². The third-order valence-electron chi connectivity index (χ3n) is 6.71. The molecule has 0 fully saturated rings. The number of rotatable bonds is 15. The number of anilines is 2. The van der Waals surface area contributed by atoms with Gasteiger partial charge >= 0.3 is 0 Å². The first-order chi connectivity index (χ1) is 24.8. The van der Waals surface area contributed by atoms with Crippen LogP contribution >= 0.6 is 45.3 Å². The molecule has 2 amide bonds. The Hall–Kier alpha value is -5.30. The maximum absolute atomic E-state index is 12.5. The highest BCUT2D eigenvalue weighted by Crippen LogP contribution is 2.26. The molecule has 2 aromatic carbocycles. The smallest absolute Gasteiger partial charge is 0.257 e. The first-order valence-electron chi connectivity index (χ1n) is 15.2. The Balaban J connectivity index is 0.000000199. The van der Waals surface area contributed by atoms with Gasteiger partial charge in [0, 0.05) is 45.9 Å². The number of thiazole rings is 2. The summed E-state index contributed by atoms with van der Waals surface area (Å²) in [5.41, 5.74) is 9.41. The van der Waals surface area contributed by atoms with Crippen LogP contribution in [0, 0.1) is 13.8 Å². The lowest BCUT2D eigenvalue weighted by molar-refractivity contribution is 0.101. The van der Waals surface area contributed by atoms with Crippen molar-refractivity contribution < 1.29 is 28.9 Å². The number of nitrogens with zero attached hydrogens (tertiary/aromatic N) is 6. The summed E-state index contributed by atoms with van der Waals surface area (Å²) in [6, 6.07) is 9.51. The van der Waals surface area contributed by atoms with Gasteiger partial charge in [-0.05, 0) is 38.1 Å². The normalized spacial score (nSPS) is 10.5. The number of aromatic hydroxyl groups is 1. The molecule has 6 aromatic rings. The first-order valence-corrected chi connectivity index (χ1v) is 18.7. The SMILES string of the molecule is C=CCOc1cc(OCCc2scnc2C)cc(C(=O)Nc2nncs2)c1.Cc1ncsc1CCOc1cc(O)cc(C(=O)Nc2nncs2)c1. The second kappa shape index (κ2) is 18.6. The average molecular weight is 765 g/mol. The monoisotopic (exact) mass is 764 g/mol. The molecule has 0 unspecified atom stereocenters. The number of carbonyl (C=O) groups is 2. The van der Waals surface area contributed by atoms with E-state index in [2.05, 4.69) is 47.6 Å². The average Bonchev–Trinajstić information content (AvgIpc) is 3.96. The molecule has 18 heteroatoms. The number of phenolic OH excluding ortho intramolecular Hbond substituents is 1. The number of amides is 2. The number of ether oxygens (including phenoxy) is 3. The quantitative estimate of drug-likeness (QED) is 0.0951. The van der Waals surface area contributed by atoms with E-state index >= 15 is 0 Å². The number of aromatic nitrogens is 6. The van der Waals surface area contributed by atoms with Gasteiger partial charge in [0.25, 0.3) is 11.8 Å². The van der Waals surface area contributed by atoms with Gasteiger partial charge in [-0.15, -0.1) is 43.1 Å². The molecule has 4 heterocycles. The predicted octanol–water partition coefficient (Wildman–Crippen LogP) is 6.62. The lowest BCUT2D eigenvalue weighted by Gasteiger charge is -2.11. The molecule has 51 heavy (non-hydrogen) atoms. The minimum absolute atomic E-state index is 0.0381. The van der Waals surface area contributed by atoms with Crippen molar-refractivity contribution in [3.05, 3.63) is 103 Å². The lowest BCUT2D eigenvalue weighted by Crippen LogP contribution is -2.12. The molecule has 264 valence electrons. The van der Waals surface area contributed by atoms with Crippen LogP contribution in [0.3, 0.4) is 0 Å². The van der Waals surface area contributed by atoms with Crippen LogP contribution in [0.1, 0.15) is 41.9 Å². The van der Waals surface area contributed by atoms with E-state index in [0.29, 0.717) is 52.9 Å². The van der Waals surface area contributed by atoms with Crippen molar-refractivity contribution in [1.82, 2.24) is 30.4 Å². The summed E-state index contributed by atoms with van der Waals surface area (Å²) < 4.78 is 17.1. The van der Waals surface area contributed by atoms with Crippen molar-refractivity contribution in [3.63, 3.8) is 0 Å². The van der Waals surface area contributed by atoms with Gasteiger partial charge < -0.3 is 19.3 Å². The molecule has 0 atom stereocenters. The second-order valence-corrected chi connectivity index (χ2v) is 13.9. The van der Waals surface area contributed by atoms with E-state index < -0.39 is 0 Å². The van der Waals surface area contributed by atoms with E-state index in [9.17, 15) is 14.7 Å². The summed E-state index contributed by atoms with van der Waals surface area (Å²) in [6.07, 6.45) is 3.11. The minimum Gasteiger partial charge on any atom is -0.508 e. The van der Waals surface area contributed by atoms with Crippen LogP contribution in [-0.2, 0) is 12.8 Å². The van der Waals surface area contributed by atoms with E-state index in [1.165, 1.54) is 45.2 Å². The maximum Gasteiger partial charge on any atom is 0.257 e. The van der Waals surface area contributed by atoms with Crippen LogP contribution in [0.25, 0.3) is 0 Å². The second-order valence-electron chi connectivity index (χ2n) is 10.3. The highest BCUT2D eigenvalue weighted by atomic mass is 32.1. The summed E-state index contributed by atoms with van der Waals surface area (Å²) in [5, 5.41) is 30.9. The van der Waals surface area contributed by atoms with Crippen LogP contribution in [0.2, 0.25) is 0 Å². The van der Waals surface area contributed by atoms with Crippen molar-refractivity contribution in [2.45, 2.75) is 26.7 Å². The van der Waals surface area contributed by atoms with Gasteiger partial charge in [-0.3, -0.25) is 20.2 Å². The summed E-state index contributed by atoms with van der Waals surface area (Å²) in [7, 11) is 0. The first kappa shape index (κ1) is 37.0. The van der Waals surface area contributed by atoms with Gasteiger partial charge in [0.1, 0.15) is 40.6 Å². The van der Waals surface area contributed by atoms with Crippen molar-refractivity contribution in [1.29, 1.82) is 0 Å². The number of hydrogen-bond donors (Lipinski definition) is 3. The largest absolute Gasteiger partial charge is 0.508 e. The molecule has 0 radical (unpaired) electrons. The summed E-state index contributed by atoms with van der Waals surface area (Å²) in [4.78, 5) is 35.4. The highest BCUT2D eigenvalue weighted by molar-refractivity contribution is 7.13. The number of hydrogen-bond acceptors (Lipinski definition) is 16. The highest BCUT2D eigenvalue weighted by Gasteiger charge is 2.14. The fraction of sp³-hybridized carbons (Fsp3) is 0.212. The molecule has 14 nitrogen and oxygen atoms in total. The fourth-order valence-corrected chi connectivity index (χ4v) is 6.68. The van der Waals surface area contributed by atoms with E-state index in [1.807, 2.05) is 19.4 Å². The van der Waals surface area contributed by atoms with Gasteiger partial charge in [0.05, 0.1) is 35.6 Å². The van der Waals surface area contributed by atoms with Crippen molar-refractivity contribution in [2.75, 3.05) is 30.5 Å². The Kier molecular flexibility index (Phi) is 13.5. The van der Waals surface area contributed by atoms with E-state index in [0.717, 1.165) is 29.1 Å². The third-order valence-corrected chi connectivity index (χ3v) is 9.91. The van der Waals surface area contributed by atoms with Crippen LogP contribution in [-0.4, -0.2) is 67.1 Å². The minimum atomic E-state index is -0.384. The molecular weight excluding hydrogens is 733 g/mol. The van der Waals surface area contributed by atoms with Crippen LogP contribution < -0.4 is 24.8 Å². The number of phenols is 1. The molecule has 0 bridgehead atoms. The summed E-state index contributed by atoms with van der Waals surface area (Å²) >= 11 is 5.65. The number of nitrogens with one attached hydrogen (secondary N) is 2. The van der Waals surface area contributed by atoms with E-state index in [4.69, 9.17) is 14.2 Å². The van der Waals surface area contributed by atoms with E-state index in [-0.39, 0.29) is 23.1 Å². The summed E-state index contributed by atoms with van der Waals surface area (Å²) in [6.45, 7) is 8.82. The summed E-state index contributed by atoms with van der Waals surface area (Å²) in [5.74, 6) is 0.790. The topological polar surface area (TPSA) is 183 Å². The number of carbonyl (C=O) groups excluding carboxylic acids is 2.